The van der Waals surface area contributed by atoms with Crippen LogP contribution >= 0.6 is 0 Å². The fourth-order valence-electron chi connectivity index (χ4n) is 3.22. The lowest BCUT2D eigenvalue weighted by atomic mass is 10.0. The second-order valence-electron chi connectivity index (χ2n) is 7.28. The van der Waals surface area contributed by atoms with Crippen LogP contribution in [0.3, 0.4) is 0 Å². The Balaban J connectivity index is 1.87. The maximum absolute atomic E-state index is 9.77. The van der Waals surface area contributed by atoms with Crippen LogP contribution in [-0.4, -0.2) is 18.8 Å². The molecule has 0 atom stereocenters. The first-order valence-corrected chi connectivity index (χ1v) is 10.8. The van der Waals surface area contributed by atoms with E-state index in [9.17, 15) is 5.11 Å². The normalized spacial score (nSPS) is 10.8. The summed E-state index contributed by atoms with van der Waals surface area (Å²) in [5.74, 6) is 1.40. The van der Waals surface area contributed by atoms with Gasteiger partial charge in [-0.3, -0.25) is 0 Å². The molecule has 0 amide bonds. The molecule has 3 heteroatoms. The minimum Gasteiger partial charge on any atom is -0.504 e. The van der Waals surface area contributed by atoms with E-state index in [0.29, 0.717) is 18.1 Å². The molecule has 0 saturated carbocycles. The highest BCUT2D eigenvalue weighted by molar-refractivity contribution is 5.44. The van der Waals surface area contributed by atoms with Gasteiger partial charge in [-0.15, -0.1) is 0 Å². The number of phenolic OH excluding ortho intramolecular Hbond substituents is 1. The highest BCUT2D eigenvalue weighted by Crippen LogP contribution is 2.30. The van der Waals surface area contributed by atoms with Crippen LogP contribution in [0.15, 0.2) is 18.2 Å². The van der Waals surface area contributed by atoms with E-state index in [1.165, 1.54) is 83.5 Å². The maximum Gasteiger partial charge on any atom is 0.164 e. The average Bonchev–Trinajstić information content (AvgIpc) is 2.66. The van der Waals surface area contributed by atoms with Gasteiger partial charge in [0.15, 0.2) is 11.5 Å². The molecule has 0 aliphatic carbocycles. The number of benzene rings is 1. The van der Waals surface area contributed by atoms with Gasteiger partial charge >= 0.3 is 0 Å². The Hall–Kier alpha value is -1.38. The molecule has 150 valence electrons. The van der Waals surface area contributed by atoms with Gasteiger partial charge in [0.1, 0.15) is 5.75 Å². The highest BCUT2D eigenvalue weighted by atomic mass is 16.5. The van der Waals surface area contributed by atoms with Crippen molar-refractivity contribution in [2.24, 2.45) is 0 Å². The lowest BCUT2D eigenvalue weighted by molar-refractivity contribution is 0.286. The molecular formula is C23H40O3. The monoisotopic (exact) mass is 364 g/mol. The summed E-state index contributed by atoms with van der Waals surface area (Å²) in [5, 5.41) is 9.77. The van der Waals surface area contributed by atoms with Crippen molar-refractivity contribution in [2.75, 3.05) is 13.7 Å². The molecule has 1 aromatic rings. The molecule has 1 aromatic carbocycles. The lowest BCUT2D eigenvalue weighted by Crippen LogP contribution is -1.98. The SMILES string of the molecule is CCCCCCCCCCCCCCCCOc1cc(OC)ccc1O. The molecule has 0 fully saturated rings. The summed E-state index contributed by atoms with van der Waals surface area (Å²) in [6.07, 6.45) is 18.9. The Morgan fingerprint density at radius 1 is 0.731 bits per heavy atom. The van der Waals surface area contributed by atoms with Gasteiger partial charge in [0.25, 0.3) is 0 Å². The van der Waals surface area contributed by atoms with Crippen molar-refractivity contribution >= 4 is 0 Å². The van der Waals surface area contributed by atoms with Gasteiger partial charge < -0.3 is 14.6 Å². The van der Waals surface area contributed by atoms with Gasteiger partial charge in [-0.2, -0.15) is 0 Å². The standard InChI is InChI=1S/C23H40O3/c1-3-4-5-6-7-8-9-10-11-12-13-14-15-16-19-26-23-20-21(25-2)17-18-22(23)24/h17-18,20,24H,3-16,19H2,1-2H3. The van der Waals surface area contributed by atoms with Crippen LogP contribution < -0.4 is 9.47 Å². The first kappa shape index (κ1) is 22.7. The molecule has 0 aromatic heterocycles. The number of aromatic hydroxyl groups is 1. The number of phenols is 1. The number of ether oxygens (including phenoxy) is 2. The molecule has 0 bridgehead atoms. The fourth-order valence-corrected chi connectivity index (χ4v) is 3.22. The Bertz CT molecular complexity index is 445. The molecule has 0 aliphatic heterocycles. The van der Waals surface area contributed by atoms with Gasteiger partial charge in [0.05, 0.1) is 13.7 Å². The number of methoxy groups -OCH3 is 1. The zero-order valence-electron chi connectivity index (χ0n) is 17.1. The quantitative estimate of drug-likeness (QED) is 0.296. The number of rotatable bonds is 17. The Morgan fingerprint density at radius 2 is 1.23 bits per heavy atom. The summed E-state index contributed by atoms with van der Waals surface area (Å²) in [7, 11) is 1.61. The molecule has 0 aliphatic rings. The molecule has 0 spiro atoms. The van der Waals surface area contributed by atoms with E-state index >= 15 is 0 Å². The van der Waals surface area contributed by atoms with Crippen molar-refractivity contribution in [3.05, 3.63) is 18.2 Å². The summed E-state index contributed by atoms with van der Waals surface area (Å²) in [6, 6.07) is 5.08. The molecule has 0 radical (unpaired) electrons. The molecule has 1 rings (SSSR count). The van der Waals surface area contributed by atoms with Gasteiger partial charge in [0.2, 0.25) is 0 Å². The average molecular weight is 365 g/mol. The predicted octanol–water partition coefficient (Wildman–Crippen LogP) is 7.26. The predicted molar refractivity (Wildman–Crippen MR) is 110 cm³/mol. The zero-order valence-corrected chi connectivity index (χ0v) is 17.1. The lowest BCUT2D eigenvalue weighted by Gasteiger charge is -2.09. The Kier molecular flexibility index (Phi) is 13.8. The van der Waals surface area contributed by atoms with Gasteiger partial charge in [0, 0.05) is 6.07 Å². The van der Waals surface area contributed by atoms with Crippen LogP contribution in [0.1, 0.15) is 96.8 Å². The van der Waals surface area contributed by atoms with E-state index < -0.39 is 0 Å². The second-order valence-corrected chi connectivity index (χ2v) is 7.28. The van der Waals surface area contributed by atoms with E-state index in [0.717, 1.165) is 6.42 Å². The van der Waals surface area contributed by atoms with Crippen molar-refractivity contribution in [1.82, 2.24) is 0 Å². The highest BCUT2D eigenvalue weighted by Gasteiger charge is 2.04. The summed E-state index contributed by atoms with van der Waals surface area (Å²) in [4.78, 5) is 0. The zero-order chi connectivity index (χ0) is 18.9. The third-order valence-electron chi connectivity index (χ3n) is 4.92. The Morgan fingerprint density at radius 3 is 1.73 bits per heavy atom. The van der Waals surface area contributed by atoms with Crippen LogP contribution in [0.25, 0.3) is 0 Å². The summed E-state index contributed by atoms with van der Waals surface area (Å²) in [6.45, 7) is 2.93. The molecule has 0 unspecified atom stereocenters. The molecule has 0 saturated heterocycles. The smallest absolute Gasteiger partial charge is 0.164 e. The number of hydrogen-bond donors (Lipinski definition) is 1. The summed E-state index contributed by atoms with van der Waals surface area (Å²) in [5.41, 5.74) is 0. The minimum absolute atomic E-state index is 0.177. The second kappa shape index (κ2) is 15.8. The molecular weight excluding hydrogens is 324 g/mol. The van der Waals surface area contributed by atoms with Crippen LogP contribution in [0.2, 0.25) is 0 Å². The van der Waals surface area contributed by atoms with Gasteiger partial charge in [-0.05, 0) is 18.6 Å². The van der Waals surface area contributed by atoms with Crippen molar-refractivity contribution in [1.29, 1.82) is 0 Å². The van der Waals surface area contributed by atoms with Gasteiger partial charge in [-0.25, -0.2) is 0 Å². The van der Waals surface area contributed by atoms with E-state index in [4.69, 9.17) is 9.47 Å². The van der Waals surface area contributed by atoms with E-state index in [1.807, 2.05) is 0 Å². The topological polar surface area (TPSA) is 38.7 Å². The first-order valence-electron chi connectivity index (χ1n) is 10.8. The molecule has 1 N–H and O–H groups in total. The number of unbranched alkanes of at least 4 members (excludes halogenated alkanes) is 13. The number of hydrogen-bond acceptors (Lipinski definition) is 3. The molecule has 0 heterocycles. The summed E-state index contributed by atoms with van der Waals surface area (Å²) >= 11 is 0. The van der Waals surface area contributed by atoms with Crippen molar-refractivity contribution < 1.29 is 14.6 Å². The third-order valence-corrected chi connectivity index (χ3v) is 4.92. The van der Waals surface area contributed by atoms with Crippen molar-refractivity contribution in [2.45, 2.75) is 96.8 Å². The summed E-state index contributed by atoms with van der Waals surface area (Å²) < 4.78 is 10.8. The fraction of sp³-hybridized carbons (Fsp3) is 0.739. The largest absolute Gasteiger partial charge is 0.504 e. The van der Waals surface area contributed by atoms with Crippen LogP contribution in [0.5, 0.6) is 17.2 Å². The van der Waals surface area contributed by atoms with Crippen LogP contribution in [0, 0.1) is 0 Å². The molecule has 26 heavy (non-hydrogen) atoms. The molecule has 3 nitrogen and oxygen atoms in total. The van der Waals surface area contributed by atoms with Crippen molar-refractivity contribution in [3.8, 4) is 17.2 Å². The first-order chi connectivity index (χ1) is 12.8. The Labute approximate surface area is 161 Å². The van der Waals surface area contributed by atoms with Gasteiger partial charge in [-0.1, -0.05) is 90.4 Å². The van der Waals surface area contributed by atoms with E-state index in [2.05, 4.69) is 6.92 Å². The minimum atomic E-state index is 0.177. The van der Waals surface area contributed by atoms with Crippen molar-refractivity contribution in [3.63, 3.8) is 0 Å². The maximum atomic E-state index is 9.77. The van der Waals surface area contributed by atoms with E-state index in [-0.39, 0.29) is 5.75 Å². The van der Waals surface area contributed by atoms with E-state index in [1.54, 1.807) is 25.3 Å². The third kappa shape index (κ3) is 11.3. The van der Waals surface area contributed by atoms with Crippen LogP contribution in [0.4, 0.5) is 0 Å². The van der Waals surface area contributed by atoms with Crippen LogP contribution in [-0.2, 0) is 0 Å².